The smallest absolute Gasteiger partial charge is 0.0876 e. The molecule has 1 fully saturated rings. The van der Waals surface area contributed by atoms with Crippen LogP contribution in [0.3, 0.4) is 0 Å². The fourth-order valence-corrected chi connectivity index (χ4v) is 2.64. The summed E-state index contributed by atoms with van der Waals surface area (Å²) in [5.74, 6) is 0.811. The second-order valence-electron chi connectivity index (χ2n) is 5.50. The van der Waals surface area contributed by atoms with Crippen molar-refractivity contribution in [1.82, 2.24) is 5.32 Å². The van der Waals surface area contributed by atoms with E-state index in [0.29, 0.717) is 11.5 Å². The van der Waals surface area contributed by atoms with E-state index in [1.165, 1.54) is 24.8 Å². The Bertz CT molecular complexity index is 257. The molecule has 1 heterocycles. The Morgan fingerprint density at radius 3 is 2.80 bits per heavy atom. The minimum atomic E-state index is 0.533. The predicted octanol–water partition coefficient (Wildman–Crippen LogP) is 2.70. The highest BCUT2D eigenvalue weighted by atomic mass is 16.5. The molecule has 1 aliphatic heterocycles. The van der Waals surface area contributed by atoms with Crippen LogP contribution in [0.2, 0.25) is 0 Å². The molecule has 2 unspecified atom stereocenters. The van der Waals surface area contributed by atoms with Crippen LogP contribution in [0.1, 0.15) is 40.0 Å². The molecule has 1 aliphatic carbocycles. The zero-order chi connectivity index (χ0) is 10.9. The molecule has 86 valence electrons. The Hall–Kier alpha value is -0.500. The van der Waals surface area contributed by atoms with E-state index in [-0.39, 0.29) is 0 Å². The molecule has 0 radical (unpaired) electrons. The van der Waals surface area contributed by atoms with Crippen LogP contribution in [0.15, 0.2) is 11.8 Å². The average molecular weight is 209 g/mol. The maximum atomic E-state index is 5.45. The van der Waals surface area contributed by atoms with Crippen LogP contribution < -0.4 is 5.32 Å². The van der Waals surface area contributed by atoms with Gasteiger partial charge in [-0.15, -0.1) is 0 Å². The van der Waals surface area contributed by atoms with E-state index in [2.05, 4.69) is 26.1 Å². The monoisotopic (exact) mass is 209 g/mol. The minimum Gasteiger partial charge on any atom is -0.501 e. The highest BCUT2D eigenvalue weighted by Crippen LogP contribution is 2.55. The number of rotatable bonds is 4. The molecule has 0 spiro atoms. The molecule has 1 N–H and O–H groups in total. The van der Waals surface area contributed by atoms with Crippen LogP contribution in [0, 0.1) is 11.3 Å². The van der Waals surface area contributed by atoms with Gasteiger partial charge in [-0.3, -0.25) is 0 Å². The average Bonchev–Trinajstić information content (AvgIpc) is 2.85. The number of hydrogen-bond donors (Lipinski definition) is 1. The zero-order valence-electron chi connectivity index (χ0n) is 10.2. The van der Waals surface area contributed by atoms with Gasteiger partial charge in [0.15, 0.2) is 0 Å². The minimum absolute atomic E-state index is 0.533. The van der Waals surface area contributed by atoms with E-state index in [1.54, 1.807) is 0 Å². The SMILES string of the molecule is CCNC(C1=COCCC1)C1CC1(C)C. The van der Waals surface area contributed by atoms with Crippen molar-refractivity contribution in [2.75, 3.05) is 13.2 Å². The fourth-order valence-electron chi connectivity index (χ4n) is 2.64. The lowest BCUT2D eigenvalue weighted by atomic mass is 9.94. The Morgan fingerprint density at radius 2 is 2.33 bits per heavy atom. The third-order valence-electron chi connectivity index (χ3n) is 3.78. The largest absolute Gasteiger partial charge is 0.501 e. The van der Waals surface area contributed by atoms with Gasteiger partial charge in [-0.2, -0.15) is 0 Å². The molecule has 15 heavy (non-hydrogen) atoms. The van der Waals surface area contributed by atoms with E-state index in [0.717, 1.165) is 19.1 Å². The first-order chi connectivity index (χ1) is 7.15. The third kappa shape index (κ3) is 2.36. The van der Waals surface area contributed by atoms with E-state index in [9.17, 15) is 0 Å². The summed E-state index contributed by atoms with van der Waals surface area (Å²) in [6, 6.07) is 0.560. The van der Waals surface area contributed by atoms with Crippen LogP contribution in [0.25, 0.3) is 0 Å². The molecular formula is C13H23NO. The van der Waals surface area contributed by atoms with Crippen LogP contribution in [0.5, 0.6) is 0 Å². The van der Waals surface area contributed by atoms with Gasteiger partial charge in [0.2, 0.25) is 0 Å². The summed E-state index contributed by atoms with van der Waals surface area (Å²) in [6.45, 7) is 8.87. The number of likely N-dealkylation sites (N-methyl/N-ethyl adjacent to an activating group) is 1. The number of ether oxygens (including phenoxy) is 1. The lowest BCUT2D eigenvalue weighted by molar-refractivity contribution is 0.216. The Morgan fingerprint density at radius 1 is 1.60 bits per heavy atom. The maximum absolute atomic E-state index is 5.45. The van der Waals surface area contributed by atoms with Gasteiger partial charge in [0.25, 0.3) is 0 Å². The van der Waals surface area contributed by atoms with Crippen molar-refractivity contribution in [3.8, 4) is 0 Å². The van der Waals surface area contributed by atoms with Gasteiger partial charge in [0, 0.05) is 6.04 Å². The van der Waals surface area contributed by atoms with E-state index in [1.807, 2.05) is 6.26 Å². The van der Waals surface area contributed by atoms with Gasteiger partial charge in [-0.25, -0.2) is 0 Å². The summed E-state index contributed by atoms with van der Waals surface area (Å²) < 4.78 is 5.45. The summed E-state index contributed by atoms with van der Waals surface area (Å²) in [5.41, 5.74) is 2.02. The van der Waals surface area contributed by atoms with Crippen molar-refractivity contribution >= 4 is 0 Å². The number of hydrogen-bond acceptors (Lipinski definition) is 2. The summed E-state index contributed by atoms with van der Waals surface area (Å²) in [6.07, 6.45) is 5.75. The van der Waals surface area contributed by atoms with Crippen molar-refractivity contribution in [3.63, 3.8) is 0 Å². The highest BCUT2D eigenvalue weighted by Gasteiger charge is 2.50. The summed E-state index contributed by atoms with van der Waals surface area (Å²) in [4.78, 5) is 0. The molecule has 0 bridgehead atoms. The van der Waals surface area contributed by atoms with Crippen molar-refractivity contribution in [1.29, 1.82) is 0 Å². The van der Waals surface area contributed by atoms with Crippen LogP contribution in [0.4, 0.5) is 0 Å². The van der Waals surface area contributed by atoms with Crippen LogP contribution >= 0.6 is 0 Å². The first kappa shape index (κ1) is 11.0. The molecule has 0 aromatic heterocycles. The molecule has 2 nitrogen and oxygen atoms in total. The second kappa shape index (κ2) is 4.17. The van der Waals surface area contributed by atoms with E-state index < -0.39 is 0 Å². The van der Waals surface area contributed by atoms with Gasteiger partial charge in [0.05, 0.1) is 12.9 Å². The molecule has 0 aromatic rings. The van der Waals surface area contributed by atoms with Gasteiger partial charge in [-0.1, -0.05) is 20.8 Å². The lowest BCUT2D eigenvalue weighted by Gasteiger charge is -2.25. The van der Waals surface area contributed by atoms with Crippen molar-refractivity contribution in [3.05, 3.63) is 11.8 Å². The molecule has 1 saturated carbocycles. The standard InChI is InChI=1S/C13H23NO/c1-4-14-12(11-8-13(11,2)3)10-6-5-7-15-9-10/h9,11-12,14H,4-8H2,1-3H3. The van der Waals surface area contributed by atoms with Crippen LogP contribution in [-0.2, 0) is 4.74 Å². The Labute approximate surface area is 93.1 Å². The normalized spacial score (nSPS) is 30.3. The van der Waals surface area contributed by atoms with Gasteiger partial charge in [0.1, 0.15) is 0 Å². The zero-order valence-corrected chi connectivity index (χ0v) is 10.2. The molecule has 0 aromatic carbocycles. The van der Waals surface area contributed by atoms with E-state index >= 15 is 0 Å². The topological polar surface area (TPSA) is 21.3 Å². The molecule has 0 saturated heterocycles. The van der Waals surface area contributed by atoms with Gasteiger partial charge >= 0.3 is 0 Å². The summed E-state index contributed by atoms with van der Waals surface area (Å²) >= 11 is 0. The van der Waals surface area contributed by atoms with Crippen molar-refractivity contribution in [2.24, 2.45) is 11.3 Å². The maximum Gasteiger partial charge on any atom is 0.0876 e. The summed E-state index contributed by atoms with van der Waals surface area (Å²) in [5, 5.41) is 3.62. The second-order valence-corrected chi connectivity index (χ2v) is 5.50. The molecule has 2 atom stereocenters. The van der Waals surface area contributed by atoms with Gasteiger partial charge in [-0.05, 0) is 42.7 Å². The third-order valence-corrected chi connectivity index (χ3v) is 3.78. The molecule has 2 rings (SSSR count). The van der Waals surface area contributed by atoms with Crippen LogP contribution in [-0.4, -0.2) is 19.2 Å². The predicted molar refractivity (Wildman–Crippen MR) is 62.6 cm³/mol. The molecule has 0 amide bonds. The fraction of sp³-hybridized carbons (Fsp3) is 0.846. The lowest BCUT2D eigenvalue weighted by Crippen LogP contribution is -2.35. The highest BCUT2D eigenvalue weighted by molar-refractivity contribution is 5.18. The van der Waals surface area contributed by atoms with Gasteiger partial charge < -0.3 is 10.1 Å². The quantitative estimate of drug-likeness (QED) is 0.768. The van der Waals surface area contributed by atoms with Crippen molar-refractivity contribution < 1.29 is 4.74 Å². The Balaban J connectivity index is 2.03. The molecule has 2 aliphatic rings. The Kier molecular flexibility index (Phi) is 3.06. The first-order valence-corrected chi connectivity index (χ1v) is 6.19. The number of nitrogens with one attached hydrogen (secondary N) is 1. The summed E-state index contributed by atoms with van der Waals surface area (Å²) in [7, 11) is 0. The first-order valence-electron chi connectivity index (χ1n) is 6.19. The molecule has 2 heteroatoms. The van der Waals surface area contributed by atoms with Crippen molar-refractivity contribution in [2.45, 2.75) is 46.1 Å². The van der Waals surface area contributed by atoms with E-state index in [4.69, 9.17) is 4.74 Å². The molecular weight excluding hydrogens is 186 g/mol.